The average molecular weight is 254 g/mol. The van der Waals surface area contributed by atoms with Gasteiger partial charge in [-0.3, -0.25) is 10.1 Å². The number of hydrogen-bond donors (Lipinski definition) is 1. The Hall–Kier alpha value is -1.69. The molecule has 1 aliphatic rings. The normalized spacial score (nSPS) is 19.5. The molecule has 2 rings (SSSR count). The third-order valence-corrected chi connectivity index (χ3v) is 2.98. The zero-order chi connectivity index (χ0) is 13.0. The van der Waals surface area contributed by atoms with E-state index in [4.69, 9.17) is 4.74 Å². The highest BCUT2D eigenvalue weighted by Gasteiger charge is 2.21. The summed E-state index contributed by atoms with van der Waals surface area (Å²) in [6, 6.07) is 3.85. The summed E-state index contributed by atoms with van der Waals surface area (Å²) in [6.45, 7) is 1.16. The van der Waals surface area contributed by atoms with Crippen LogP contribution in [0.1, 0.15) is 19.3 Å². The fourth-order valence-electron chi connectivity index (χ4n) is 2.03. The van der Waals surface area contributed by atoms with E-state index in [1.807, 2.05) is 0 Å². The lowest BCUT2D eigenvalue weighted by Gasteiger charge is -2.23. The molecule has 1 aromatic carbocycles. The van der Waals surface area contributed by atoms with Crippen LogP contribution in [0.15, 0.2) is 18.2 Å². The molecule has 0 saturated carbocycles. The summed E-state index contributed by atoms with van der Waals surface area (Å²) in [4.78, 5) is 10.1. The van der Waals surface area contributed by atoms with Gasteiger partial charge in [-0.15, -0.1) is 0 Å². The Morgan fingerprint density at radius 1 is 1.50 bits per heavy atom. The van der Waals surface area contributed by atoms with E-state index in [1.165, 1.54) is 12.1 Å². The van der Waals surface area contributed by atoms with Gasteiger partial charge in [0.15, 0.2) is 5.82 Å². The lowest BCUT2D eigenvalue weighted by atomic mass is 10.1. The van der Waals surface area contributed by atoms with Gasteiger partial charge >= 0.3 is 5.69 Å². The summed E-state index contributed by atoms with van der Waals surface area (Å²) in [5.41, 5.74) is -0.328. The molecule has 1 aliphatic heterocycles. The van der Waals surface area contributed by atoms with Gasteiger partial charge in [-0.2, -0.15) is 0 Å². The first-order chi connectivity index (χ1) is 8.68. The quantitative estimate of drug-likeness (QED) is 0.661. The number of halogens is 1. The standard InChI is InChI=1S/C12H15FN2O3/c13-10-5-3-6-11(15(16)17)12(10)18-8-9-4-1-2-7-14-9/h3,5-6,9,14H,1-2,4,7-8H2. The van der Waals surface area contributed by atoms with Crippen LogP contribution in [0, 0.1) is 15.9 Å². The monoisotopic (exact) mass is 254 g/mol. The molecule has 18 heavy (non-hydrogen) atoms. The number of nitrogens with zero attached hydrogens (tertiary/aromatic N) is 1. The molecule has 1 N–H and O–H groups in total. The number of para-hydroxylation sites is 1. The van der Waals surface area contributed by atoms with Crippen molar-refractivity contribution < 1.29 is 14.1 Å². The van der Waals surface area contributed by atoms with Gasteiger partial charge in [0.1, 0.15) is 6.61 Å². The van der Waals surface area contributed by atoms with Crippen molar-refractivity contribution in [1.29, 1.82) is 0 Å². The van der Waals surface area contributed by atoms with Crippen LogP contribution in [0.4, 0.5) is 10.1 Å². The van der Waals surface area contributed by atoms with E-state index in [0.717, 1.165) is 31.9 Å². The van der Waals surface area contributed by atoms with Gasteiger partial charge in [-0.1, -0.05) is 12.5 Å². The van der Waals surface area contributed by atoms with Gasteiger partial charge in [0, 0.05) is 12.1 Å². The highest BCUT2D eigenvalue weighted by Crippen LogP contribution is 2.29. The summed E-state index contributed by atoms with van der Waals surface area (Å²) in [5, 5.41) is 14.0. The summed E-state index contributed by atoms with van der Waals surface area (Å²) >= 11 is 0. The summed E-state index contributed by atoms with van der Waals surface area (Å²) in [5.74, 6) is -0.963. The second-order valence-corrected chi connectivity index (χ2v) is 4.30. The first-order valence-electron chi connectivity index (χ1n) is 5.97. The molecule has 1 fully saturated rings. The highest BCUT2D eigenvalue weighted by atomic mass is 19.1. The van der Waals surface area contributed by atoms with Crippen LogP contribution in [-0.4, -0.2) is 24.1 Å². The van der Waals surface area contributed by atoms with Crippen molar-refractivity contribution in [2.45, 2.75) is 25.3 Å². The Morgan fingerprint density at radius 3 is 3.00 bits per heavy atom. The van der Waals surface area contributed by atoms with Crippen molar-refractivity contribution in [2.24, 2.45) is 0 Å². The van der Waals surface area contributed by atoms with E-state index < -0.39 is 10.7 Å². The fourth-order valence-corrected chi connectivity index (χ4v) is 2.03. The average Bonchev–Trinajstić information content (AvgIpc) is 2.38. The van der Waals surface area contributed by atoms with Crippen molar-refractivity contribution in [3.05, 3.63) is 34.1 Å². The maximum atomic E-state index is 13.5. The van der Waals surface area contributed by atoms with Gasteiger partial charge in [0.05, 0.1) is 4.92 Å². The molecule has 0 bridgehead atoms. The number of nitro benzene ring substituents is 1. The van der Waals surface area contributed by atoms with Crippen LogP contribution in [0.3, 0.4) is 0 Å². The molecule has 0 radical (unpaired) electrons. The molecule has 1 heterocycles. The van der Waals surface area contributed by atoms with Crippen LogP contribution in [-0.2, 0) is 0 Å². The maximum Gasteiger partial charge on any atom is 0.314 e. The Kier molecular flexibility index (Phi) is 4.09. The lowest BCUT2D eigenvalue weighted by molar-refractivity contribution is -0.386. The summed E-state index contributed by atoms with van der Waals surface area (Å²) in [7, 11) is 0. The van der Waals surface area contributed by atoms with E-state index in [1.54, 1.807) is 0 Å². The molecule has 0 amide bonds. The number of hydrogen-bond acceptors (Lipinski definition) is 4. The van der Waals surface area contributed by atoms with Crippen LogP contribution in [0.25, 0.3) is 0 Å². The fraction of sp³-hybridized carbons (Fsp3) is 0.500. The Morgan fingerprint density at radius 2 is 2.33 bits per heavy atom. The number of benzene rings is 1. The van der Waals surface area contributed by atoms with Crippen molar-refractivity contribution in [3.63, 3.8) is 0 Å². The van der Waals surface area contributed by atoms with Crippen LogP contribution in [0.2, 0.25) is 0 Å². The predicted octanol–water partition coefficient (Wildman–Crippen LogP) is 2.25. The van der Waals surface area contributed by atoms with Crippen LogP contribution >= 0.6 is 0 Å². The minimum Gasteiger partial charge on any atom is -0.483 e. The molecule has 1 aromatic rings. The number of nitro groups is 1. The maximum absolute atomic E-state index is 13.5. The van der Waals surface area contributed by atoms with Gasteiger partial charge in [0.2, 0.25) is 5.75 Å². The second-order valence-electron chi connectivity index (χ2n) is 4.30. The molecule has 98 valence electrons. The van der Waals surface area contributed by atoms with Crippen molar-refractivity contribution in [3.8, 4) is 5.75 Å². The molecular weight excluding hydrogens is 239 g/mol. The minimum absolute atomic E-state index is 0.137. The van der Waals surface area contributed by atoms with Crippen molar-refractivity contribution >= 4 is 5.69 Å². The smallest absolute Gasteiger partial charge is 0.314 e. The van der Waals surface area contributed by atoms with Gasteiger partial charge in [-0.05, 0) is 25.5 Å². The van der Waals surface area contributed by atoms with E-state index in [9.17, 15) is 14.5 Å². The predicted molar refractivity (Wildman–Crippen MR) is 64.2 cm³/mol. The lowest BCUT2D eigenvalue weighted by Crippen LogP contribution is -2.38. The molecule has 1 atom stereocenters. The second kappa shape index (κ2) is 5.77. The summed E-state index contributed by atoms with van der Waals surface area (Å²) in [6.07, 6.45) is 3.17. The zero-order valence-corrected chi connectivity index (χ0v) is 9.89. The molecule has 5 nitrogen and oxygen atoms in total. The third-order valence-electron chi connectivity index (χ3n) is 2.98. The van der Waals surface area contributed by atoms with Gasteiger partial charge in [-0.25, -0.2) is 4.39 Å². The number of piperidine rings is 1. The van der Waals surface area contributed by atoms with E-state index in [0.29, 0.717) is 0 Å². The molecule has 0 spiro atoms. The van der Waals surface area contributed by atoms with Gasteiger partial charge in [0.25, 0.3) is 0 Å². The van der Waals surface area contributed by atoms with Crippen molar-refractivity contribution in [1.82, 2.24) is 5.32 Å². The molecular formula is C12H15FN2O3. The first-order valence-corrected chi connectivity index (χ1v) is 5.97. The molecule has 0 aromatic heterocycles. The molecule has 0 aliphatic carbocycles. The molecule has 6 heteroatoms. The Balaban J connectivity index is 2.05. The Labute approximate surface area is 104 Å². The summed E-state index contributed by atoms with van der Waals surface area (Å²) < 4.78 is 18.8. The number of rotatable bonds is 4. The van der Waals surface area contributed by atoms with Crippen LogP contribution < -0.4 is 10.1 Å². The van der Waals surface area contributed by atoms with E-state index >= 15 is 0 Å². The number of ether oxygens (including phenoxy) is 1. The first kappa shape index (κ1) is 12.8. The topological polar surface area (TPSA) is 64.4 Å². The van der Waals surface area contributed by atoms with Gasteiger partial charge < -0.3 is 10.1 Å². The number of nitrogens with one attached hydrogen (secondary N) is 1. The van der Waals surface area contributed by atoms with Crippen LogP contribution in [0.5, 0.6) is 5.75 Å². The SMILES string of the molecule is O=[N+]([O-])c1cccc(F)c1OCC1CCCCN1. The largest absolute Gasteiger partial charge is 0.483 e. The zero-order valence-electron chi connectivity index (χ0n) is 9.89. The minimum atomic E-state index is -0.694. The van der Waals surface area contributed by atoms with E-state index in [-0.39, 0.29) is 24.1 Å². The Bertz CT molecular complexity index is 433. The highest BCUT2D eigenvalue weighted by molar-refractivity contribution is 5.46. The van der Waals surface area contributed by atoms with Crippen molar-refractivity contribution in [2.75, 3.05) is 13.2 Å². The molecule has 1 saturated heterocycles. The molecule has 1 unspecified atom stereocenters. The third kappa shape index (κ3) is 2.95. The van der Waals surface area contributed by atoms with E-state index in [2.05, 4.69) is 5.32 Å².